The van der Waals surface area contributed by atoms with Crippen LogP contribution in [-0.4, -0.2) is 62.2 Å². The Kier molecular flexibility index (Phi) is 5.26. The van der Waals surface area contributed by atoms with E-state index in [1.807, 2.05) is 0 Å². The Hall–Kier alpha value is -0.120. The number of nitrogens with zero attached hydrogens (tertiary/aromatic N) is 2. The number of rotatable bonds is 5. The fourth-order valence-corrected chi connectivity index (χ4v) is 3.38. The van der Waals surface area contributed by atoms with E-state index in [2.05, 4.69) is 29.1 Å². The van der Waals surface area contributed by atoms with Crippen molar-refractivity contribution in [3.8, 4) is 0 Å². The number of piperazine rings is 1. The Morgan fingerprint density at radius 1 is 1.24 bits per heavy atom. The van der Waals surface area contributed by atoms with Gasteiger partial charge in [-0.05, 0) is 25.8 Å². The van der Waals surface area contributed by atoms with E-state index in [0.717, 1.165) is 12.0 Å². The van der Waals surface area contributed by atoms with E-state index in [-0.39, 0.29) is 0 Å². The first kappa shape index (κ1) is 13.3. The average molecular weight is 239 g/mol. The van der Waals surface area contributed by atoms with Gasteiger partial charge in [-0.2, -0.15) is 0 Å². The summed E-state index contributed by atoms with van der Waals surface area (Å²) in [5.74, 6) is 0.804. The van der Waals surface area contributed by atoms with Gasteiger partial charge in [-0.3, -0.25) is 0 Å². The quantitative estimate of drug-likeness (QED) is 0.782. The van der Waals surface area contributed by atoms with Crippen molar-refractivity contribution in [3.05, 3.63) is 0 Å². The minimum atomic E-state index is 0.804. The van der Waals surface area contributed by atoms with Crippen molar-refractivity contribution < 1.29 is 0 Å². The summed E-state index contributed by atoms with van der Waals surface area (Å²) in [7, 11) is 2.32. The topological polar surface area (TPSA) is 18.5 Å². The minimum absolute atomic E-state index is 0.804. The molecule has 0 bridgehead atoms. The molecule has 0 aromatic carbocycles. The van der Waals surface area contributed by atoms with Crippen molar-refractivity contribution in [3.63, 3.8) is 0 Å². The highest BCUT2D eigenvalue weighted by Crippen LogP contribution is 2.23. The lowest BCUT2D eigenvalue weighted by atomic mass is 10.1. The minimum Gasteiger partial charge on any atom is -0.314 e. The second-order valence-corrected chi connectivity index (χ2v) is 6.03. The number of hydrogen-bond acceptors (Lipinski definition) is 3. The van der Waals surface area contributed by atoms with E-state index in [9.17, 15) is 0 Å². The normalized spacial score (nSPS) is 25.6. The van der Waals surface area contributed by atoms with Crippen molar-refractivity contribution in [2.45, 2.75) is 38.6 Å². The molecule has 1 saturated carbocycles. The smallest absolute Gasteiger partial charge is 0.0107 e. The molecule has 0 spiro atoms. The van der Waals surface area contributed by atoms with Crippen LogP contribution in [0.3, 0.4) is 0 Å². The van der Waals surface area contributed by atoms with E-state index in [0.29, 0.717) is 0 Å². The maximum Gasteiger partial charge on any atom is 0.0107 e. The summed E-state index contributed by atoms with van der Waals surface area (Å²) >= 11 is 0. The van der Waals surface area contributed by atoms with Gasteiger partial charge in [0.05, 0.1) is 0 Å². The highest BCUT2D eigenvalue weighted by atomic mass is 15.2. The molecule has 1 unspecified atom stereocenters. The van der Waals surface area contributed by atoms with Gasteiger partial charge in [0.25, 0.3) is 0 Å². The van der Waals surface area contributed by atoms with Crippen LogP contribution in [0.25, 0.3) is 0 Å². The van der Waals surface area contributed by atoms with Crippen LogP contribution in [0.1, 0.15) is 32.6 Å². The maximum atomic E-state index is 3.42. The first-order valence-corrected chi connectivity index (χ1v) is 7.39. The number of nitrogens with one attached hydrogen (secondary N) is 1. The molecule has 1 atom stereocenters. The fourth-order valence-electron chi connectivity index (χ4n) is 3.38. The largest absolute Gasteiger partial charge is 0.314 e. The highest BCUT2D eigenvalue weighted by Gasteiger charge is 2.21. The van der Waals surface area contributed by atoms with Crippen molar-refractivity contribution in [1.29, 1.82) is 0 Å². The van der Waals surface area contributed by atoms with Crippen molar-refractivity contribution in [2.24, 2.45) is 5.92 Å². The zero-order valence-corrected chi connectivity index (χ0v) is 11.6. The molecule has 0 radical (unpaired) electrons. The molecule has 0 aromatic rings. The van der Waals surface area contributed by atoms with Crippen LogP contribution in [-0.2, 0) is 0 Å². The van der Waals surface area contributed by atoms with Crippen LogP contribution in [0, 0.1) is 5.92 Å². The first-order chi connectivity index (χ1) is 8.25. The molecule has 1 aliphatic heterocycles. The molecular formula is C14H29N3. The lowest BCUT2D eigenvalue weighted by Crippen LogP contribution is -2.46. The Morgan fingerprint density at radius 3 is 2.53 bits per heavy atom. The SMILES string of the molecule is CC(CN1CCNCC1)CN(C)C1CCCC1. The van der Waals surface area contributed by atoms with Crippen LogP contribution in [0.15, 0.2) is 0 Å². The summed E-state index contributed by atoms with van der Waals surface area (Å²) in [6, 6.07) is 0.875. The molecule has 0 amide bonds. The summed E-state index contributed by atoms with van der Waals surface area (Å²) in [6.07, 6.45) is 5.75. The predicted octanol–water partition coefficient (Wildman–Crippen LogP) is 1.40. The van der Waals surface area contributed by atoms with Gasteiger partial charge in [0.1, 0.15) is 0 Å². The zero-order valence-electron chi connectivity index (χ0n) is 11.6. The van der Waals surface area contributed by atoms with E-state index in [1.54, 1.807) is 0 Å². The van der Waals surface area contributed by atoms with Crippen LogP contribution >= 0.6 is 0 Å². The van der Waals surface area contributed by atoms with Crippen LogP contribution in [0.4, 0.5) is 0 Å². The van der Waals surface area contributed by atoms with Gasteiger partial charge < -0.3 is 15.1 Å². The maximum absolute atomic E-state index is 3.42. The van der Waals surface area contributed by atoms with Crippen LogP contribution < -0.4 is 5.32 Å². The second kappa shape index (κ2) is 6.72. The Bertz CT molecular complexity index is 208. The molecule has 3 nitrogen and oxygen atoms in total. The van der Waals surface area contributed by atoms with Crippen LogP contribution in [0.2, 0.25) is 0 Å². The Morgan fingerprint density at radius 2 is 1.88 bits per heavy atom. The first-order valence-electron chi connectivity index (χ1n) is 7.39. The predicted molar refractivity (Wildman–Crippen MR) is 73.4 cm³/mol. The molecule has 2 aliphatic rings. The fraction of sp³-hybridized carbons (Fsp3) is 1.00. The zero-order chi connectivity index (χ0) is 12.1. The average Bonchev–Trinajstić information content (AvgIpc) is 2.83. The summed E-state index contributed by atoms with van der Waals surface area (Å²) < 4.78 is 0. The Labute approximate surface area is 107 Å². The van der Waals surface area contributed by atoms with Gasteiger partial charge in [-0.15, -0.1) is 0 Å². The van der Waals surface area contributed by atoms with Gasteiger partial charge in [0.15, 0.2) is 0 Å². The second-order valence-electron chi connectivity index (χ2n) is 6.03. The molecular weight excluding hydrogens is 210 g/mol. The summed E-state index contributed by atoms with van der Waals surface area (Å²) in [6.45, 7) is 9.77. The van der Waals surface area contributed by atoms with Gasteiger partial charge in [-0.25, -0.2) is 0 Å². The molecule has 17 heavy (non-hydrogen) atoms. The third-order valence-electron chi connectivity index (χ3n) is 4.33. The molecule has 0 aromatic heterocycles. The molecule has 2 fully saturated rings. The van der Waals surface area contributed by atoms with E-state index >= 15 is 0 Å². The van der Waals surface area contributed by atoms with Gasteiger partial charge >= 0.3 is 0 Å². The third kappa shape index (κ3) is 4.23. The molecule has 3 heteroatoms. The molecule has 1 heterocycles. The van der Waals surface area contributed by atoms with Crippen LogP contribution in [0.5, 0.6) is 0 Å². The van der Waals surface area contributed by atoms with Crippen molar-refractivity contribution in [1.82, 2.24) is 15.1 Å². The summed E-state index contributed by atoms with van der Waals surface area (Å²) in [5.41, 5.74) is 0. The molecule has 1 saturated heterocycles. The number of hydrogen-bond donors (Lipinski definition) is 1. The lowest BCUT2D eigenvalue weighted by Gasteiger charge is -2.32. The standard InChI is InChI=1S/C14H29N3/c1-13(12-17-9-7-15-8-10-17)11-16(2)14-5-3-4-6-14/h13-15H,3-12H2,1-2H3. The monoisotopic (exact) mass is 239 g/mol. The highest BCUT2D eigenvalue weighted by molar-refractivity contribution is 4.77. The van der Waals surface area contributed by atoms with Gasteiger partial charge in [0, 0.05) is 45.3 Å². The molecule has 2 rings (SSSR count). The Balaban J connectivity index is 1.66. The molecule has 1 N–H and O–H groups in total. The molecule has 1 aliphatic carbocycles. The lowest BCUT2D eigenvalue weighted by molar-refractivity contribution is 0.162. The third-order valence-corrected chi connectivity index (χ3v) is 4.33. The van der Waals surface area contributed by atoms with E-state index in [4.69, 9.17) is 0 Å². The van der Waals surface area contributed by atoms with E-state index in [1.165, 1.54) is 65.0 Å². The van der Waals surface area contributed by atoms with Crippen molar-refractivity contribution in [2.75, 3.05) is 46.3 Å². The summed E-state index contributed by atoms with van der Waals surface area (Å²) in [5, 5.41) is 3.42. The van der Waals surface area contributed by atoms with E-state index < -0.39 is 0 Å². The van der Waals surface area contributed by atoms with Crippen molar-refractivity contribution >= 4 is 0 Å². The van der Waals surface area contributed by atoms with Gasteiger partial charge in [-0.1, -0.05) is 19.8 Å². The van der Waals surface area contributed by atoms with Gasteiger partial charge in [0.2, 0.25) is 0 Å². The molecule has 100 valence electrons. The summed E-state index contributed by atoms with van der Waals surface area (Å²) in [4.78, 5) is 5.23.